The molecule has 0 aliphatic heterocycles. The van der Waals surface area contributed by atoms with Crippen molar-refractivity contribution in [1.29, 1.82) is 0 Å². The third-order valence-corrected chi connectivity index (χ3v) is 3.63. The van der Waals surface area contributed by atoms with E-state index in [0.29, 0.717) is 27.1 Å². The van der Waals surface area contributed by atoms with E-state index in [-0.39, 0.29) is 10.0 Å². The summed E-state index contributed by atoms with van der Waals surface area (Å²) in [6, 6.07) is 4.70. The first kappa shape index (κ1) is 12.7. The van der Waals surface area contributed by atoms with E-state index < -0.39 is 0 Å². The highest BCUT2D eigenvalue weighted by molar-refractivity contribution is 6.50. The van der Waals surface area contributed by atoms with Crippen molar-refractivity contribution in [3.63, 3.8) is 0 Å². The van der Waals surface area contributed by atoms with Gasteiger partial charge in [0.25, 0.3) is 0 Å². The second-order valence-corrected chi connectivity index (χ2v) is 4.76. The Morgan fingerprint density at radius 1 is 0.882 bits per heavy atom. The molecule has 17 heavy (non-hydrogen) atoms. The Bertz CT molecular complexity index is 543. The van der Waals surface area contributed by atoms with Gasteiger partial charge < -0.3 is 5.73 Å². The normalized spacial score (nSPS) is 10.6. The minimum absolute atomic E-state index is 0.278. The van der Waals surface area contributed by atoms with Gasteiger partial charge in [0.1, 0.15) is 5.82 Å². The number of anilines is 1. The molecule has 7 heteroatoms. The Hall–Kier alpha value is -0.740. The fraction of sp³-hybridized carbons (Fsp3) is 0. The smallest absolute Gasteiger partial charge is 0.146 e. The number of halogens is 4. The maximum atomic E-state index is 6.07. The quantitative estimate of drug-likeness (QED) is 0.797. The fourth-order valence-electron chi connectivity index (χ4n) is 1.27. The summed E-state index contributed by atoms with van der Waals surface area (Å²) in [5.74, 6) is 0.300. The predicted molar refractivity (Wildman–Crippen MR) is 71.9 cm³/mol. The summed E-state index contributed by atoms with van der Waals surface area (Å²) in [5, 5.41) is 8.77. The minimum Gasteiger partial charge on any atom is -0.382 e. The molecule has 0 amide bonds. The van der Waals surface area contributed by atoms with Crippen molar-refractivity contribution in [1.82, 2.24) is 10.2 Å². The third-order valence-electron chi connectivity index (χ3n) is 2.05. The molecule has 3 nitrogen and oxygen atoms in total. The number of nitrogen functional groups attached to an aromatic ring is 1. The molecule has 0 bridgehead atoms. The van der Waals surface area contributed by atoms with Gasteiger partial charge in [0.15, 0.2) is 0 Å². The zero-order valence-corrected chi connectivity index (χ0v) is 11.2. The van der Waals surface area contributed by atoms with Crippen molar-refractivity contribution >= 4 is 52.2 Å². The highest BCUT2D eigenvalue weighted by atomic mass is 35.5. The largest absolute Gasteiger partial charge is 0.382 e. The summed E-state index contributed by atoms with van der Waals surface area (Å²) >= 11 is 24.0. The molecule has 2 rings (SSSR count). The van der Waals surface area contributed by atoms with Crippen LogP contribution in [0.25, 0.3) is 11.3 Å². The molecule has 0 radical (unpaired) electrons. The number of nitrogens with zero attached hydrogens (tertiary/aromatic N) is 2. The molecular weight excluding hydrogens is 304 g/mol. The second kappa shape index (κ2) is 4.86. The first-order chi connectivity index (χ1) is 8.00. The molecule has 0 atom stereocenters. The molecule has 0 unspecified atom stereocenters. The Kier molecular flexibility index (Phi) is 3.64. The van der Waals surface area contributed by atoms with Gasteiger partial charge in [0, 0.05) is 5.56 Å². The fourth-order valence-corrected chi connectivity index (χ4v) is 2.28. The van der Waals surface area contributed by atoms with Gasteiger partial charge in [-0.25, -0.2) is 0 Å². The van der Waals surface area contributed by atoms with Crippen LogP contribution in [0, 0.1) is 0 Å². The molecule has 2 aromatic rings. The SMILES string of the molecule is Nc1ccc(-c2c(Cl)c(Cl)cc(Cl)c2Cl)nn1. The van der Waals surface area contributed by atoms with E-state index in [1.165, 1.54) is 6.07 Å². The molecular formula is C10H5Cl4N3. The van der Waals surface area contributed by atoms with Gasteiger partial charge in [0.05, 0.1) is 25.8 Å². The molecule has 0 spiro atoms. The highest BCUT2D eigenvalue weighted by Crippen LogP contribution is 2.42. The third kappa shape index (κ3) is 2.43. The van der Waals surface area contributed by atoms with Crippen LogP contribution in [0.1, 0.15) is 0 Å². The van der Waals surface area contributed by atoms with Gasteiger partial charge in [0.2, 0.25) is 0 Å². The topological polar surface area (TPSA) is 51.8 Å². The summed E-state index contributed by atoms with van der Waals surface area (Å²) in [5.41, 5.74) is 6.35. The van der Waals surface area contributed by atoms with Crippen molar-refractivity contribution in [3.05, 3.63) is 38.3 Å². The number of hydrogen-bond donors (Lipinski definition) is 1. The number of benzene rings is 1. The predicted octanol–water partition coefficient (Wildman–Crippen LogP) is 4.34. The van der Waals surface area contributed by atoms with E-state index in [2.05, 4.69) is 10.2 Å². The van der Waals surface area contributed by atoms with Crippen molar-refractivity contribution in [3.8, 4) is 11.3 Å². The van der Waals surface area contributed by atoms with Crippen molar-refractivity contribution in [2.24, 2.45) is 0 Å². The lowest BCUT2D eigenvalue weighted by Crippen LogP contribution is -1.95. The molecule has 0 aliphatic carbocycles. The van der Waals surface area contributed by atoms with Crippen LogP contribution in [0.4, 0.5) is 5.82 Å². The van der Waals surface area contributed by atoms with Gasteiger partial charge in [-0.05, 0) is 18.2 Å². The molecule has 1 aromatic carbocycles. The molecule has 1 aromatic heterocycles. The van der Waals surface area contributed by atoms with Gasteiger partial charge in [-0.2, -0.15) is 0 Å². The van der Waals surface area contributed by atoms with Gasteiger partial charge in [-0.1, -0.05) is 46.4 Å². The van der Waals surface area contributed by atoms with Gasteiger partial charge in [-0.15, -0.1) is 10.2 Å². The van der Waals surface area contributed by atoms with Crippen LogP contribution in [0.5, 0.6) is 0 Å². The average Bonchev–Trinajstić information content (AvgIpc) is 2.29. The van der Waals surface area contributed by atoms with Crippen LogP contribution in [0.3, 0.4) is 0 Å². The number of hydrogen-bond acceptors (Lipinski definition) is 3. The minimum atomic E-state index is 0.278. The Balaban J connectivity index is 2.70. The maximum absolute atomic E-state index is 6.07. The Morgan fingerprint density at radius 3 is 1.94 bits per heavy atom. The second-order valence-electron chi connectivity index (χ2n) is 3.19. The van der Waals surface area contributed by atoms with E-state index >= 15 is 0 Å². The maximum Gasteiger partial charge on any atom is 0.146 e. The first-order valence-corrected chi connectivity index (χ1v) is 5.94. The van der Waals surface area contributed by atoms with E-state index in [4.69, 9.17) is 52.1 Å². The van der Waals surface area contributed by atoms with Crippen LogP contribution < -0.4 is 5.73 Å². The summed E-state index contributed by atoms with van der Waals surface area (Å²) in [6.07, 6.45) is 0. The molecule has 0 aliphatic rings. The molecule has 2 N–H and O–H groups in total. The zero-order chi connectivity index (χ0) is 12.6. The Labute approximate surface area is 117 Å². The monoisotopic (exact) mass is 307 g/mol. The van der Waals surface area contributed by atoms with E-state index in [1.54, 1.807) is 12.1 Å². The van der Waals surface area contributed by atoms with E-state index in [1.807, 2.05) is 0 Å². The van der Waals surface area contributed by atoms with Gasteiger partial charge >= 0.3 is 0 Å². The van der Waals surface area contributed by atoms with Crippen LogP contribution in [0.15, 0.2) is 18.2 Å². The molecule has 0 saturated carbocycles. The summed E-state index contributed by atoms with van der Waals surface area (Å²) in [7, 11) is 0. The van der Waals surface area contributed by atoms with Crippen LogP contribution in [-0.4, -0.2) is 10.2 Å². The number of rotatable bonds is 1. The lowest BCUT2D eigenvalue weighted by Gasteiger charge is -2.09. The van der Waals surface area contributed by atoms with E-state index in [9.17, 15) is 0 Å². The lowest BCUT2D eigenvalue weighted by molar-refractivity contribution is 1.05. The summed E-state index contributed by atoms with van der Waals surface area (Å²) < 4.78 is 0. The number of nitrogens with two attached hydrogens (primary N) is 1. The van der Waals surface area contributed by atoms with Crippen molar-refractivity contribution in [2.75, 3.05) is 5.73 Å². The molecule has 1 heterocycles. The lowest BCUT2D eigenvalue weighted by atomic mass is 10.1. The van der Waals surface area contributed by atoms with Crippen molar-refractivity contribution < 1.29 is 0 Å². The zero-order valence-electron chi connectivity index (χ0n) is 8.22. The summed E-state index contributed by atoms with van der Waals surface area (Å²) in [6.45, 7) is 0. The molecule has 88 valence electrons. The molecule has 0 fully saturated rings. The number of aromatic nitrogens is 2. The van der Waals surface area contributed by atoms with Crippen LogP contribution in [0.2, 0.25) is 20.1 Å². The highest BCUT2D eigenvalue weighted by Gasteiger charge is 2.16. The van der Waals surface area contributed by atoms with Crippen molar-refractivity contribution in [2.45, 2.75) is 0 Å². The first-order valence-electron chi connectivity index (χ1n) is 4.43. The average molecular weight is 309 g/mol. The Morgan fingerprint density at radius 2 is 1.47 bits per heavy atom. The van der Waals surface area contributed by atoms with Crippen LogP contribution >= 0.6 is 46.4 Å². The molecule has 0 saturated heterocycles. The van der Waals surface area contributed by atoms with Gasteiger partial charge in [-0.3, -0.25) is 0 Å². The van der Waals surface area contributed by atoms with E-state index in [0.717, 1.165) is 0 Å². The standard InChI is InChI=1S/C10H5Cl4N3/c11-4-3-5(12)10(14)8(9(4)13)6-1-2-7(15)17-16-6/h1-3H,(H2,15,17). The summed E-state index contributed by atoms with van der Waals surface area (Å²) in [4.78, 5) is 0. The van der Waals surface area contributed by atoms with Crippen LogP contribution in [-0.2, 0) is 0 Å².